The maximum Gasteiger partial charge on any atom is 0.326 e. The van der Waals surface area contributed by atoms with Crippen molar-refractivity contribution in [1.29, 1.82) is 0 Å². The molecule has 2 heterocycles. The molecule has 2 aromatic rings. The number of fused-ring (bicyclic) bond motifs is 1. The van der Waals surface area contributed by atoms with Crippen LogP contribution in [-0.2, 0) is 9.59 Å². The number of hydrogen-bond acceptors (Lipinski definition) is 9. The van der Waals surface area contributed by atoms with Gasteiger partial charge in [0.25, 0.3) is 11.5 Å². The molecule has 1 amide bonds. The number of amides is 1. The number of carbonyl (C=O) groups excluding carboxylic acids is 1. The van der Waals surface area contributed by atoms with Gasteiger partial charge in [0.15, 0.2) is 5.82 Å². The first kappa shape index (κ1) is 24.4. The second kappa shape index (κ2) is 10.6. The Morgan fingerprint density at radius 1 is 1.26 bits per heavy atom. The van der Waals surface area contributed by atoms with E-state index < -0.39 is 23.9 Å². The molecule has 0 radical (unpaired) electrons. The molecule has 0 saturated carbocycles. The van der Waals surface area contributed by atoms with Crippen LogP contribution in [0, 0.1) is 0 Å². The molecule has 1 aliphatic heterocycles. The summed E-state index contributed by atoms with van der Waals surface area (Å²) < 4.78 is 0. The van der Waals surface area contributed by atoms with Crippen molar-refractivity contribution in [3.05, 3.63) is 40.2 Å². The van der Waals surface area contributed by atoms with E-state index in [4.69, 9.17) is 10.8 Å². The lowest BCUT2D eigenvalue weighted by atomic mass is 10.1. The number of hydrogen-bond donors (Lipinski definition) is 7. The molecule has 8 N–H and O–H groups in total. The van der Waals surface area contributed by atoms with E-state index in [0.717, 1.165) is 5.69 Å². The highest BCUT2D eigenvalue weighted by Gasteiger charge is 2.29. The molecule has 3 rings (SSSR count). The first-order valence-electron chi connectivity index (χ1n) is 10.7. The third kappa shape index (κ3) is 5.74. The van der Waals surface area contributed by atoms with Crippen molar-refractivity contribution in [3.63, 3.8) is 0 Å². The van der Waals surface area contributed by atoms with Crippen LogP contribution in [-0.4, -0.2) is 69.7 Å². The minimum absolute atomic E-state index is 0.0459. The summed E-state index contributed by atoms with van der Waals surface area (Å²) in [6.07, 6.45) is -0.585. The molecule has 0 aliphatic carbocycles. The van der Waals surface area contributed by atoms with E-state index in [2.05, 4.69) is 25.9 Å². The lowest BCUT2D eigenvalue weighted by molar-refractivity contribution is -0.140. The number of anilines is 4. The summed E-state index contributed by atoms with van der Waals surface area (Å²) in [4.78, 5) is 55.3. The molecule has 13 heteroatoms. The van der Waals surface area contributed by atoms with Gasteiger partial charge in [-0.25, -0.2) is 4.79 Å². The zero-order chi connectivity index (χ0) is 24.8. The Hall–Kier alpha value is -4.29. The normalized spacial score (nSPS) is 15.6. The largest absolute Gasteiger partial charge is 0.481 e. The number of nitrogens with two attached hydrogens (primary N) is 1. The van der Waals surface area contributed by atoms with Gasteiger partial charge in [0.05, 0.1) is 6.04 Å². The number of likely N-dealkylation sites (N-methyl/N-ethyl adjacent to an activating group) is 1. The van der Waals surface area contributed by atoms with Gasteiger partial charge in [-0.2, -0.15) is 4.98 Å². The summed E-state index contributed by atoms with van der Waals surface area (Å²) in [5.74, 6) is -2.56. The second-order valence-electron chi connectivity index (χ2n) is 7.72. The van der Waals surface area contributed by atoms with Gasteiger partial charge in [-0.15, -0.1) is 0 Å². The molecule has 0 bridgehead atoms. The molecule has 1 aromatic heterocycles. The SMILES string of the molecule is CCN1c2c(nc(N)[nH]c2=O)NC[C@@H]1CNc1ccc(C(=O)NC(CCC(=O)O)C(=O)O)cc1. The Bertz CT molecular complexity index is 1120. The predicted octanol–water partition coefficient (Wildman–Crippen LogP) is 0.132. The third-order valence-electron chi connectivity index (χ3n) is 5.43. The van der Waals surface area contributed by atoms with Gasteiger partial charge in [0, 0.05) is 37.3 Å². The number of carboxylic acid groups (broad SMARTS) is 2. The van der Waals surface area contributed by atoms with E-state index in [1.165, 1.54) is 12.1 Å². The fourth-order valence-electron chi connectivity index (χ4n) is 3.72. The van der Waals surface area contributed by atoms with Crippen LogP contribution in [0.1, 0.15) is 30.1 Å². The van der Waals surface area contributed by atoms with Gasteiger partial charge in [-0.1, -0.05) is 0 Å². The third-order valence-corrected chi connectivity index (χ3v) is 5.43. The predicted molar refractivity (Wildman–Crippen MR) is 125 cm³/mol. The van der Waals surface area contributed by atoms with Gasteiger partial charge in [0.1, 0.15) is 11.7 Å². The Morgan fingerprint density at radius 3 is 2.59 bits per heavy atom. The van der Waals surface area contributed by atoms with E-state index in [0.29, 0.717) is 31.1 Å². The topological polar surface area (TPSA) is 203 Å². The summed E-state index contributed by atoms with van der Waals surface area (Å²) in [5.41, 5.74) is 6.70. The number of benzene rings is 1. The van der Waals surface area contributed by atoms with Crippen molar-refractivity contribution in [2.24, 2.45) is 0 Å². The van der Waals surface area contributed by atoms with Crippen LogP contribution >= 0.6 is 0 Å². The van der Waals surface area contributed by atoms with Crippen LogP contribution in [0.5, 0.6) is 0 Å². The van der Waals surface area contributed by atoms with Crippen molar-refractivity contribution in [2.75, 3.05) is 40.9 Å². The highest BCUT2D eigenvalue weighted by Crippen LogP contribution is 2.26. The monoisotopic (exact) mass is 473 g/mol. The van der Waals surface area contributed by atoms with E-state index in [-0.39, 0.29) is 36.0 Å². The lowest BCUT2D eigenvalue weighted by Gasteiger charge is -2.37. The van der Waals surface area contributed by atoms with Crippen molar-refractivity contribution in [3.8, 4) is 0 Å². The number of aromatic nitrogens is 2. The number of nitrogens with zero attached hydrogens (tertiary/aromatic N) is 2. The van der Waals surface area contributed by atoms with E-state index in [1.807, 2.05) is 11.8 Å². The number of carbonyl (C=O) groups is 3. The Kier molecular flexibility index (Phi) is 7.56. The van der Waals surface area contributed by atoms with Crippen LogP contribution in [0.3, 0.4) is 0 Å². The molecule has 1 aliphatic rings. The molecule has 1 aromatic carbocycles. The number of aliphatic carboxylic acids is 2. The van der Waals surface area contributed by atoms with Crippen molar-refractivity contribution in [2.45, 2.75) is 31.8 Å². The molecule has 0 fully saturated rings. The number of nitrogen functional groups attached to an aromatic ring is 1. The summed E-state index contributed by atoms with van der Waals surface area (Å²) in [6.45, 7) is 3.55. The Balaban J connectivity index is 1.61. The van der Waals surface area contributed by atoms with Gasteiger partial charge >= 0.3 is 11.9 Å². The van der Waals surface area contributed by atoms with Crippen LogP contribution < -0.4 is 32.1 Å². The molecule has 0 spiro atoms. The first-order chi connectivity index (χ1) is 16.2. The number of aromatic amines is 1. The van der Waals surface area contributed by atoms with Crippen molar-refractivity contribution < 1.29 is 24.6 Å². The summed E-state index contributed by atoms with van der Waals surface area (Å²) in [7, 11) is 0. The quantitative estimate of drug-likeness (QED) is 0.247. The second-order valence-corrected chi connectivity index (χ2v) is 7.72. The highest BCUT2D eigenvalue weighted by molar-refractivity contribution is 5.97. The molecular formula is C21H27N7O6. The molecule has 182 valence electrons. The maximum atomic E-state index is 12.4. The summed E-state index contributed by atoms with van der Waals surface area (Å²) >= 11 is 0. The fraction of sp³-hybridized carbons (Fsp3) is 0.381. The molecule has 1 unspecified atom stereocenters. The van der Waals surface area contributed by atoms with Gasteiger partial charge in [-0.05, 0) is 37.6 Å². The molecule has 13 nitrogen and oxygen atoms in total. The molecule has 34 heavy (non-hydrogen) atoms. The maximum absolute atomic E-state index is 12.4. The van der Waals surface area contributed by atoms with Crippen LogP contribution in [0.2, 0.25) is 0 Å². The van der Waals surface area contributed by atoms with E-state index >= 15 is 0 Å². The van der Waals surface area contributed by atoms with Crippen molar-refractivity contribution >= 4 is 41.0 Å². The van der Waals surface area contributed by atoms with Crippen molar-refractivity contribution in [1.82, 2.24) is 15.3 Å². The average Bonchev–Trinajstić information content (AvgIpc) is 2.79. The fourth-order valence-corrected chi connectivity index (χ4v) is 3.72. The zero-order valence-electron chi connectivity index (χ0n) is 18.5. The van der Waals surface area contributed by atoms with E-state index in [1.54, 1.807) is 12.1 Å². The summed E-state index contributed by atoms with van der Waals surface area (Å²) in [6, 6.07) is 5.08. The number of rotatable bonds is 10. The van der Waals surface area contributed by atoms with E-state index in [9.17, 15) is 24.3 Å². The summed E-state index contributed by atoms with van der Waals surface area (Å²) in [5, 5.41) is 26.7. The van der Waals surface area contributed by atoms with Gasteiger partial charge < -0.3 is 36.8 Å². The van der Waals surface area contributed by atoms with Crippen LogP contribution in [0.25, 0.3) is 0 Å². The number of H-pyrrole nitrogens is 1. The molecule has 2 atom stereocenters. The highest BCUT2D eigenvalue weighted by atomic mass is 16.4. The van der Waals surface area contributed by atoms with Crippen LogP contribution in [0.4, 0.5) is 23.1 Å². The Morgan fingerprint density at radius 2 is 1.97 bits per heavy atom. The van der Waals surface area contributed by atoms with Gasteiger partial charge in [-0.3, -0.25) is 19.4 Å². The minimum Gasteiger partial charge on any atom is -0.481 e. The number of carboxylic acids is 2. The average molecular weight is 473 g/mol. The first-order valence-corrected chi connectivity index (χ1v) is 10.7. The zero-order valence-corrected chi connectivity index (χ0v) is 18.5. The smallest absolute Gasteiger partial charge is 0.326 e. The van der Waals surface area contributed by atoms with Crippen LogP contribution in [0.15, 0.2) is 29.1 Å². The molecule has 0 saturated heterocycles. The minimum atomic E-state index is -1.30. The molecular weight excluding hydrogens is 446 g/mol. The van der Waals surface area contributed by atoms with Gasteiger partial charge in [0.2, 0.25) is 5.95 Å². The lowest BCUT2D eigenvalue weighted by Crippen LogP contribution is -2.50. The number of nitrogens with one attached hydrogen (secondary N) is 4. The standard InChI is InChI=1S/C21H27N7O6/c1-2-28-13(10-24-17-16(28)19(32)27-21(22)26-17)9-23-12-5-3-11(4-6-12)18(31)25-14(20(33)34)7-8-15(29)30/h3-6,13-14,23H,2,7-10H2,1H3,(H,25,31)(H,29,30)(H,33,34)(H4,22,24,26,27,32)/t13-,14?/m0/s1. The Labute approximate surface area is 194 Å².